The smallest absolute Gasteiger partial charge is 0.379 e. The zero-order valence-corrected chi connectivity index (χ0v) is 13.2. The molecule has 1 aromatic rings. The number of morpholine rings is 1. The molecule has 0 unspecified atom stereocenters. The van der Waals surface area contributed by atoms with Crippen molar-refractivity contribution in [2.24, 2.45) is 0 Å². The number of alkyl halides is 3. The highest BCUT2D eigenvalue weighted by Crippen LogP contribution is 2.30. The van der Waals surface area contributed by atoms with Crippen LogP contribution in [0.15, 0.2) is 22.0 Å². The van der Waals surface area contributed by atoms with Crippen LogP contribution in [0.25, 0.3) is 0 Å². The van der Waals surface area contributed by atoms with Crippen LogP contribution in [0.1, 0.15) is 12.0 Å². The molecule has 1 aromatic heterocycles. The quantitative estimate of drug-likeness (QED) is 0.773. The fourth-order valence-corrected chi connectivity index (χ4v) is 2.90. The van der Waals surface area contributed by atoms with Gasteiger partial charge in [0.15, 0.2) is 0 Å². The van der Waals surface area contributed by atoms with Crippen LogP contribution in [0.4, 0.5) is 13.2 Å². The van der Waals surface area contributed by atoms with Crippen LogP contribution in [0.3, 0.4) is 0 Å². The SMILES string of the molecule is CSc1cc(C(F)(F)F)cn(CCCN2CCOCC2)c1=O. The average Bonchev–Trinajstić information content (AvgIpc) is 2.49. The third-order valence-electron chi connectivity index (χ3n) is 3.58. The molecule has 2 heterocycles. The van der Waals surface area contributed by atoms with Crippen LogP contribution in [-0.2, 0) is 17.5 Å². The summed E-state index contributed by atoms with van der Waals surface area (Å²) in [6, 6.07) is 0.922. The number of hydrogen-bond donors (Lipinski definition) is 0. The third-order valence-corrected chi connectivity index (χ3v) is 4.31. The van der Waals surface area contributed by atoms with Crippen LogP contribution in [0.5, 0.6) is 0 Å². The summed E-state index contributed by atoms with van der Waals surface area (Å²) >= 11 is 1.04. The van der Waals surface area contributed by atoms with Crippen molar-refractivity contribution in [2.75, 3.05) is 39.1 Å². The van der Waals surface area contributed by atoms with Gasteiger partial charge in [0.05, 0.1) is 23.7 Å². The fourth-order valence-electron chi connectivity index (χ4n) is 2.37. The number of halogens is 3. The van der Waals surface area contributed by atoms with E-state index >= 15 is 0 Å². The van der Waals surface area contributed by atoms with Crippen molar-refractivity contribution in [1.82, 2.24) is 9.47 Å². The van der Waals surface area contributed by atoms with Gasteiger partial charge in [0.1, 0.15) is 0 Å². The summed E-state index contributed by atoms with van der Waals surface area (Å²) in [5.74, 6) is 0. The molecule has 8 heteroatoms. The number of pyridine rings is 1. The molecule has 0 amide bonds. The Hall–Kier alpha value is -0.990. The Morgan fingerprint density at radius 3 is 2.55 bits per heavy atom. The number of aromatic nitrogens is 1. The molecule has 1 fully saturated rings. The number of ether oxygens (including phenoxy) is 1. The molecule has 1 aliphatic rings. The van der Waals surface area contributed by atoms with Gasteiger partial charge in [-0.25, -0.2) is 0 Å². The predicted molar refractivity (Wildman–Crippen MR) is 79.4 cm³/mol. The standard InChI is InChI=1S/C14H19F3N2O2S/c1-22-12-9-11(14(15,16)17)10-19(13(12)20)4-2-3-18-5-7-21-8-6-18/h9-10H,2-8H2,1H3. The van der Waals surface area contributed by atoms with Crippen molar-refractivity contribution in [1.29, 1.82) is 0 Å². The lowest BCUT2D eigenvalue weighted by Crippen LogP contribution is -2.37. The Labute approximate surface area is 131 Å². The van der Waals surface area contributed by atoms with E-state index in [4.69, 9.17) is 4.74 Å². The minimum Gasteiger partial charge on any atom is -0.379 e. The first kappa shape index (κ1) is 17.4. The molecule has 0 aliphatic carbocycles. The lowest BCUT2D eigenvalue weighted by atomic mass is 10.2. The molecule has 1 aliphatic heterocycles. The van der Waals surface area contributed by atoms with Gasteiger partial charge in [0.25, 0.3) is 5.56 Å². The maximum Gasteiger partial charge on any atom is 0.417 e. The number of rotatable bonds is 5. The van der Waals surface area contributed by atoms with Gasteiger partial charge in [-0.2, -0.15) is 13.2 Å². The van der Waals surface area contributed by atoms with Gasteiger partial charge in [-0.05, 0) is 18.7 Å². The zero-order valence-electron chi connectivity index (χ0n) is 12.4. The highest BCUT2D eigenvalue weighted by molar-refractivity contribution is 7.98. The largest absolute Gasteiger partial charge is 0.417 e. The predicted octanol–water partition coefficient (Wildman–Crippen LogP) is 2.31. The summed E-state index contributed by atoms with van der Waals surface area (Å²) in [6.45, 7) is 4.05. The van der Waals surface area contributed by atoms with E-state index in [-0.39, 0.29) is 17.0 Å². The van der Waals surface area contributed by atoms with Crippen molar-refractivity contribution < 1.29 is 17.9 Å². The van der Waals surface area contributed by atoms with Crippen molar-refractivity contribution in [3.8, 4) is 0 Å². The Kier molecular flexibility index (Phi) is 5.94. The van der Waals surface area contributed by atoms with Gasteiger partial charge in [-0.1, -0.05) is 0 Å². The molecule has 1 saturated heterocycles. The molecule has 0 spiro atoms. The van der Waals surface area contributed by atoms with Crippen molar-refractivity contribution in [3.05, 3.63) is 28.2 Å². The van der Waals surface area contributed by atoms with Crippen LogP contribution < -0.4 is 5.56 Å². The monoisotopic (exact) mass is 336 g/mol. The minimum atomic E-state index is -4.44. The van der Waals surface area contributed by atoms with E-state index in [1.165, 1.54) is 4.57 Å². The summed E-state index contributed by atoms with van der Waals surface area (Å²) in [7, 11) is 0. The Bertz CT molecular complexity index is 554. The van der Waals surface area contributed by atoms with Gasteiger partial charge in [0, 0.05) is 32.4 Å². The molecule has 0 aromatic carbocycles. The summed E-state index contributed by atoms with van der Waals surface area (Å²) in [4.78, 5) is 14.4. The number of thioether (sulfide) groups is 1. The number of hydrogen-bond acceptors (Lipinski definition) is 4. The second-order valence-electron chi connectivity index (χ2n) is 5.10. The molecule has 0 atom stereocenters. The molecule has 0 radical (unpaired) electrons. The van der Waals surface area contributed by atoms with Gasteiger partial charge < -0.3 is 9.30 Å². The molecule has 0 saturated carbocycles. The van der Waals surface area contributed by atoms with Crippen molar-refractivity contribution >= 4 is 11.8 Å². The summed E-state index contributed by atoms with van der Waals surface area (Å²) < 4.78 is 45.1. The van der Waals surface area contributed by atoms with Crippen molar-refractivity contribution in [2.45, 2.75) is 24.0 Å². The summed E-state index contributed by atoms with van der Waals surface area (Å²) in [5, 5.41) is 0. The minimum absolute atomic E-state index is 0.126. The van der Waals surface area contributed by atoms with Crippen molar-refractivity contribution in [3.63, 3.8) is 0 Å². The first-order valence-electron chi connectivity index (χ1n) is 7.07. The summed E-state index contributed by atoms with van der Waals surface area (Å²) in [5.41, 5.74) is -1.13. The van der Waals surface area contributed by atoms with Gasteiger partial charge in [-0.3, -0.25) is 9.69 Å². The lowest BCUT2D eigenvalue weighted by molar-refractivity contribution is -0.138. The molecule has 4 nitrogen and oxygen atoms in total. The van der Waals surface area contributed by atoms with E-state index in [0.29, 0.717) is 19.6 Å². The van der Waals surface area contributed by atoms with Gasteiger partial charge >= 0.3 is 6.18 Å². The highest BCUT2D eigenvalue weighted by Gasteiger charge is 2.32. The van der Waals surface area contributed by atoms with Gasteiger partial charge in [0.2, 0.25) is 0 Å². The van der Waals surface area contributed by atoms with Crippen LogP contribution >= 0.6 is 11.8 Å². The topological polar surface area (TPSA) is 34.5 Å². The first-order valence-corrected chi connectivity index (χ1v) is 8.30. The normalized spacial score (nSPS) is 16.9. The Morgan fingerprint density at radius 1 is 1.27 bits per heavy atom. The molecule has 22 heavy (non-hydrogen) atoms. The number of nitrogens with zero attached hydrogens (tertiary/aromatic N) is 2. The molecular weight excluding hydrogens is 317 g/mol. The average molecular weight is 336 g/mol. The maximum absolute atomic E-state index is 12.9. The first-order chi connectivity index (χ1) is 10.4. The van der Waals surface area contributed by atoms with Crippen LogP contribution in [0, 0.1) is 0 Å². The van der Waals surface area contributed by atoms with Gasteiger partial charge in [-0.15, -0.1) is 11.8 Å². The van der Waals surface area contributed by atoms with Crippen LogP contribution in [0.2, 0.25) is 0 Å². The zero-order chi connectivity index (χ0) is 16.2. The van der Waals surface area contributed by atoms with E-state index in [1.54, 1.807) is 6.26 Å². The second kappa shape index (κ2) is 7.52. The van der Waals surface area contributed by atoms with E-state index < -0.39 is 11.7 Å². The lowest BCUT2D eigenvalue weighted by Gasteiger charge is -2.26. The van der Waals surface area contributed by atoms with E-state index in [1.807, 2.05) is 0 Å². The van der Waals surface area contributed by atoms with E-state index in [0.717, 1.165) is 43.7 Å². The molecular formula is C14H19F3N2O2S. The molecule has 0 N–H and O–H groups in total. The van der Waals surface area contributed by atoms with E-state index in [2.05, 4.69) is 4.90 Å². The van der Waals surface area contributed by atoms with Crippen LogP contribution in [-0.4, -0.2) is 48.6 Å². The molecule has 2 rings (SSSR count). The molecule has 124 valence electrons. The fraction of sp³-hybridized carbons (Fsp3) is 0.643. The highest BCUT2D eigenvalue weighted by atomic mass is 32.2. The summed E-state index contributed by atoms with van der Waals surface area (Å²) in [6.07, 6.45) is -1.28. The Morgan fingerprint density at radius 2 is 1.95 bits per heavy atom. The Balaban J connectivity index is 2.07. The second-order valence-corrected chi connectivity index (χ2v) is 5.95. The maximum atomic E-state index is 12.9. The third kappa shape index (κ3) is 4.50. The molecule has 0 bridgehead atoms. The van der Waals surface area contributed by atoms with E-state index in [9.17, 15) is 18.0 Å². The number of aryl methyl sites for hydroxylation is 1.